The number of hydrogen-bond acceptors (Lipinski definition) is 3. The van der Waals surface area contributed by atoms with E-state index in [1.165, 1.54) is 17.9 Å². The molecular weight excluding hydrogens is 170 g/mol. The number of morpholine rings is 1. The van der Waals surface area contributed by atoms with E-state index in [1.54, 1.807) is 0 Å². The molecular formula is C9H17NOS. The van der Waals surface area contributed by atoms with Gasteiger partial charge in [-0.1, -0.05) is 0 Å². The van der Waals surface area contributed by atoms with Crippen LogP contribution in [0.4, 0.5) is 0 Å². The zero-order valence-corrected chi connectivity index (χ0v) is 8.48. The van der Waals surface area contributed by atoms with Gasteiger partial charge in [0.15, 0.2) is 0 Å². The minimum Gasteiger partial charge on any atom is -0.379 e. The predicted molar refractivity (Wildman–Crippen MR) is 52.7 cm³/mol. The third-order valence-electron chi connectivity index (χ3n) is 2.79. The number of hydrogen-bond donors (Lipinski definition) is 0. The zero-order valence-electron chi connectivity index (χ0n) is 7.66. The monoisotopic (exact) mass is 187 g/mol. The first-order chi connectivity index (χ1) is 5.88. The molecule has 0 radical (unpaired) electrons. The van der Waals surface area contributed by atoms with Crippen LogP contribution in [0.2, 0.25) is 0 Å². The normalized spacial score (nSPS) is 38.8. The van der Waals surface area contributed by atoms with Crippen LogP contribution in [0.1, 0.15) is 13.3 Å². The highest BCUT2D eigenvalue weighted by Gasteiger charge is 2.28. The van der Waals surface area contributed by atoms with Gasteiger partial charge in [0.1, 0.15) is 0 Å². The van der Waals surface area contributed by atoms with Crippen LogP contribution in [0.5, 0.6) is 0 Å². The maximum absolute atomic E-state index is 5.42. The van der Waals surface area contributed by atoms with Gasteiger partial charge in [-0.25, -0.2) is 0 Å². The Morgan fingerprint density at radius 2 is 2.42 bits per heavy atom. The van der Waals surface area contributed by atoms with Crippen LogP contribution in [0.15, 0.2) is 0 Å². The summed E-state index contributed by atoms with van der Waals surface area (Å²) in [7, 11) is 0. The molecule has 0 aliphatic carbocycles. The Labute approximate surface area is 78.6 Å². The van der Waals surface area contributed by atoms with Gasteiger partial charge in [-0.3, -0.25) is 4.90 Å². The van der Waals surface area contributed by atoms with Crippen LogP contribution >= 0.6 is 11.8 Å². The Balaban J connectivity index is 1.91. The van der Waals surface area contributed by atoms with Crippen molar-refractivity contribution in [2.75, 3.05) is 31.3 Å². The third kappa shape index (κ3) is 1.78. The molecule has 2 rings (SSSR count). The van der Waals surface area contributed by atoms with Crippen LogP contribution in [0, 0.1) is 0 Å². The molecule has 2 atom stereocenters. The molecule has 0 N–H and O–H groups in total. The summed E-state index contributed by atoms with van der Waals surface area (Å²) in [5, 5.41) is 0. The lowest BCUT2D eigenvalue weighted by Gasteiger charge is -2.37. The molecule has 2 aliphatic rings. The Morgan fingerprint density at radius 3 is 3.08 bits per heavy atom. The first-order valence-corrected chi connectivity index (χ1v) is 5.94. The van der Waals surface area contributed by atoms with Gasteiger partial charge in [0, 0.05) is 24.4 Å². The summed E-state index contributed by atoms with van der Waals surface area (Å²) in [4.78, 5) is 2.63. The fraction of sp³-hybridized carbons (Fsp3) is 1.00. The van der Waals surface area contributed by atoms with E-state index in [-0.39, 0.29) is 0 Å². The summed E-state index contributed by atoms with van der Waals surface area (Å²) in [6.07, 6.45) is 1.38. The van der Waals surface area contributed by atoms with E-state index in [1.807, 2.05) is 0 Å². The molecule has 70 valence electrons. The average molecular weight is 187 g/mol. The van der Waals surface area contributed by atoms with Gasteiger partial charge < -0.3 is 4.74 Å². The Bertz CT molecular complexity index is 147. The van der Waals surface area contributed by atoms with Crippen LogP contribution in [-0.4, -0.2) is 48.2 Å². The molecule has 0 amide bonds. The Kier molecular flexibility index (Phi) is 2.94. The van der Waals surface area contributed by atoms with Gasteiger partial charge in [-0.2, -0.15) is 11.8 Å². The molecule has 0 aromatic carbocycles. The van der Waals surface area contributed by atoms with Crippen LogP contribution in [0.25, 0.3) is 0 Å². The topological polar surface area (TPSA) is 12.5 Å². The Hall–Kier alpha value is 0.270. The van der Waals surface area contributed by atoms with E-state index in [0.717, 1.165) is 25.8 Å². The van der Waals surface area contributed by atoms with E-state index in [2.05, 4.69) is 23.6 Å². The van der Waals surface area contributed by atoms with Gasteiger partial charge in [0.05, 0.1) is 13.2 Å². The molecule has 0 aromatic rings. The second kappa shape index (κ2) is 3.99. The standard InChI is InChI=1S/C9H17NOS/c1-8-6-11-4-3-10(8)9-2-5-12-7-9/h8-9H,2-7H2,1H3. The first kappa shape index (κ1) is 8.85. The summed E-state index contributed by atoms with van der Waals surface area (Å²) in [6.45, 7) is 5.29. The molecule has 2 aliphatic heterocycles. The van der Waals surface area contributed by atoms with Crippen LogP contribution < -0.4 is 0 Å². The van der Waals surface area contributed by atoms with Gasteiger partial charge in [0.25, 0.3) is 0 Å². The van der Waals surface area contributed by atoms with Crippen molar-refractivity contribution in [3.05, 3.63) is 0 Å². The third-order valence-corrected chi connectivity index (χ3v) is 3.94. The van der Waals surface area contributed by atoms with Crippen molar-refractivity contribution in [2.24, 2.45) is 0 Å². The molecule has 0 saturated carbocycles. The number of rotatable bonds is 1. The van der Waals surface area contributed by atoms with Crippen molar-refractivity contribution in [3.8, 4) is 0 Å². The van der Waals surface area contributed by atoms with Crippen molar-refractivity contribution in [1.29, 1.82) is 0 Å². The van der Waals surface area contributed by atoms with E-state index >= 15 is 0 Å². The SMILES string of the molecule is CC1COCCN1C1CCSC1. The molecule has 0 aromatic heterocycles. The molecule has 2 saturated heterocycles. The highest BCUT2D eigenvalue weighted by atomic mass is 32.2. The lowest BCUT2D eigenvalue weighted by molar-refractivity contribution is -0.0168. The van der Waals surface area contributed by atoms with Gasteiger partial charge in [-0.05, 0) is 19.1 Å². The van der Waals surface area contributed by atoms with Crippen LogP contribution in [-0.2, 0) is 4.74 Å². The quantitative estimate of drug-likeness (QED) is 0.612. The molecule has 2 unspecified atom stereocenters. The first-order valence-electron chi connectivity index (χ1n) is 4.79. The maximum atomic E-state index is 5.42. The Morgan fingerprint density at radius 1 is 1.50 bits per heavy atom. The van der Waals surface area contributed by atoms with Gasteiger partial charge in [-0.15, -0.1) is 0 Å². The molecule has 2 heterocycles. The van der Waals surface area contributed by atoms with Crippen molar-refractivity contribution in [2.45, 2.75) is 25.4 Å². The summed E-state index contributed by atoms with van der Waals surface area (Å²) in [6, 6.07) is 1.48. The second-order valence-electron chi connectivity index (χ2n) is 3.68. The molecule has 0 spiro atoms. The molecule has 2 nitrogen and oxygen atoms in total. The van der Waals surface area contributed by atoms with Gasteiger partial charge >= 0.3 is 0 Å². The molecule has 0 bridgehead atoms. The lowest BCUT2D eigenvalue weighted by Crippen LogP contribution is -2.49. The lowest BCUT2D eigenvalue weighted by atomic mass is 10.1. The number of nitrogens with zero attached hydrogens (tertiary/aromatic N) is 1. The molecule has 12 heavy (non-hydrogen) atoms. The summed E-state index contributed by atoms with van der Waals surface area (Å²) < 4.78 is 5.42. The smallest absolute Gasteiger partial charge is 0.0619 e. The fourth-order valence-corrected chi connectivity index (χ4v) is 3.30. The van der Waals surface area contributed by atoms with E-state index in [9.17, 15) is 0 Å². The summed E-state index contributed by atoms with van der Waals surface area (Å²) in [5.41, 5.74) is 0. The van der Waals surface area contributed by atoms with Crippen molar-refractivity contribution < 1.29 is 4.74 Å². The molecule has 2 fully saturated rings. The van der Waals surface area contributed by atoms with Crippen LogP contribution in [0.3, 0.4) is 0 Å². The van der Waals surface area contributed by atoms with Crippen molar-refractivity contribution in [3.63, 3.8) is 0 Å². The number of thioether (sulfide) groups is 1. The summed E-state index contributed by atoms with van der Waals surface area (Å²) in [5.74, 6) is 2.69. The summed E-state index contributed by atoms with van der Waals surface area (Å²) >= 11 is 2.10. The molecule has 3 heteroatoms. The second-order valence-corrected chi connectivity index (χ2v) is 4.83. The van der Waals surface area contributed by atoms with Crippen molar-refractivity contribution in [1.82, 2.24) is 4.90 Å². The average Bonchev–Trinajstić information content (AvgIpc) is 2.57. The van der Waals surface area contributed by atoms with E-state index in [4.69, 9.17) is 4.74 Å². The minimum absolute atomic E-state index is 0.641. The number of ether oxygens (including phenoxy) is 1. The predicted octanol–water partition coefficient (Wildman–Crippen LogP) is 1.21. The maximum Gasteiger partial charge on any atom is 0.0619 e. The highest BCUT2D eigenvalue weighted by molar-refractivity contribution is 7.99. The highest BCUT2D eigenvalue weighted by Crippen LogP contribution is 2.24. The minimum atomic E-state index is 0.641. The van der Waals surface area contributed by atoms with Gasteiger partial charge in [0.2, 0.25) is 0 Å². The van der Waals surface area contributed by atoms with E-state index < -0.39 is 0 Å². The zero-order chi connectivity index (χ0) is 8.39. The van der Waals surface area contributed by atoms with E-state index in [0.29, 0.717) is 6.04 Å². The van der Waals surface area contributed by atoms with Crippen molar-refractivity contribution >= 4 is 11.8 Å². The largest absolute Gasteiger partial charge is 0.379 e. The fourth-order valence-electron chi connectivity index (χ4n) is 2.07.